The van der Waals surface area contributed by atoms with E-state index in [0.717, 1.165) is 5.57 Å². The van der Waals surface area contributed by atoms with Crippen LogP contribution in [-0.4, -0.2) is 45.7 Å². The fourth-order valence-corrected chi connectivity index (χ4v) is 4.07. The number of amides is 2. The number of aromatic amines is 1. The van der Waals surface area contributed by atoms with Gasteiger partial charge in [0.25, 0.3) is 11.8 Å². The Labute approximate surface area is 160 Å². The van der Waals surface area contributed by atoms with E-state index >= 15 is 0 Å². The third-order valence-electron chi connectivity index (χ3n) is 5.41. The fraction of sp³-hybridized carbons (Fsp3) is 0.350. The van der Waals surface area contributed by atoms with Crippen molar-refractivity contribution in [2.75, 3.05) is 13.1 Å². The molecular weight excluding hydrogens is 366 g/mol. The molecule has 0 atom stereocenters. The number of fused-ring (bicyclic) bond motifs is 3. The topological polar surface area (TPSA) is 92.1 Å². The van der Waals surface area contributed by atoms with E-state index in [-0.39, 0.29) is 24.4 Å². The van der Waals surface area contributed by atoms with Crippen LogP contribution in [0.2, 0.25) is 0 Å². The van der Waals surface area contributed by atoms with Crippen molar-refractivity contribution in [3.05, 3.63) is 47.4 Å². The maximum Gasteiger partial charge on any atom is 0.269 e. The van der Waals surface area contributed by atoms with Gasteiger partial charge in [0.2, 0.25) is 5.91 Å². The molecule has 0 bridgehead atoms. The Morgan fingerprint density at radius 3 is 2.89 bits per heavy atom. The average molecular weight is 386 g/mol. The molecule has 28 heavy (non-hydrogen) atoms. The van der Waals surface area contributed by atoms with E-state index in [2.05, 4.69) is 16.5 Å². The summed E-state index contributed by atoms with van der Waals surface area (Å²) in [6, 6.07) is 0. The highest BCUT2D eigenvalue weighted by atomic mass is 19.3. The van der Waals surface area contributed by atoms with Gasteiger partial charge in [-0.25, -0.2) is 13.8 Å². The monoisotopic (exact) mass is 386 g/mol. The third-order valence-corrected chi connectivity index (χ3v) is 5.41. The second-order valence-corrected chi connectivity index (χ2v) is 7.23. The van der Waals surface area contributed by atoms with Crippen molar-refractivity contribution in [1.82, 2.24) is 14.9 Å². The van der Waals surface area contributed by atoms with Crippen molar-refractivity contribution >= 4 is 28.3 Å². The quantitative estimate of drug-likeness (QED) is 0.794. The number of aromatic nitrogens is 2. The first-order chi connectivity index (χ1) is 13.3. The van der Waals surface area contributed by atoms with Gasteiger partial charge in [0.05, 0.1) is 5.52 Å². The van der Waals surface area contributed by atoms with Gasteiger partial charge in [0.15, 0.2) is 5.69 Å². The zero-order chi connectivity index (χ0) is 20.1. The average Bonchev–Trinajstić information content (AvgIpc) is 3.04. The predicted octanol–water partition coefficient (Wildman–Crippen LogP) is 2.59. The van der Waals surface area contributed by atoms with Crippen molar-refractivity contribution in [3.63, 3.8) is 0 Å². The van der Waals surface area contributed by atoms with Gasteiger partial charge in [-0.3, -0.25) is 9.59 Å². The highest BCUT2D eigenvalue weighted by molar-refractivity contribution is 6.08. The van der Waals surface area contributed by atoms with Crippen molar-refractivity contribution in [2.24, 2.45) is 5.73 Å². The molecule has 0 fully saturated rings. The minimum absolute atomic E-state index is 0.0342. The van der Waals surface area contributed by atoms with Gasteiger partial charge < -0.3 is 15.6 Å². The molecule has 1 aliphatic carbocycles. The summed E-state index contributed by atoms with van der Waals surface area (Å²) in [5.41, 5.74) is 8.52. The number of hydrogen-bond acceptors (Lipinski definition) is 3. The molecule has 3 heterocycles. The molecule has 6 nitrogen and oxygen atoms in total. The van der Waals surface area contributed by atoms with Crippen LogP contribution in [-0.2, 0) is 17.6 Å². The van der Waals surface area contributed by atoms with E-state index in [1.54, 1.807) is 4.90 Å². The van der Waals surface area contributed by atoms with Gasteiger partial charge in [-0.2, -0.15) is 0 Å². The van der Waals surface area contributed by atoms with Crippen LogP contribution in [0.3, 0.4) is 0 Å². The number of carbonyl (C=O) groups is 2. The van der Waals surface area contributed by atoms with Crippen molar-refractivity contribution in [1.29, 1.82) is 0 Å². The maximum atomic E-state index is 14.1. The third kappa shape index (κ3) is 2.98. The first kappa shape index (κ1) is 18.3. The lowest BCUT2D eigenvalue weighted by Gasteiger charge is -2.27. The number of pyridine rings is 1. The molecule has 0 saturated heterocycles. The number of nitrogens with two attached hydrogens (primary N) is 1. The molecule has 4 rings (SSSR count). The van der Waals surface area contributed by atoms with Crippen LogP contribution in [0.15, 0.2) is 24.9 Å². The summed E-state index contributed by atoms with van der Waals surface area (Å²) >= 11 is 0. The maximum absolute atomic E-state index is 14.1. The van der Waals surface area contributed by atoms with Crippen LogP contribution >= 0.6 is 0 Å². The number of aryl methyl sites for hydroxylation is 1. The molecule has 2 aliphatic rings. The number of alkyl halides is 2. The SMILES string of the molecule is C=CC(=O)N1CCC=C(c2cnc(C(N)=O)c3[nH]c4c(c23)CC(F)(F)CC4)C1. The second kappa shape index (κ2) is 6.54. The molecular formula is C20H20F2N4O2. The summed E-state index contributed by atoms with van der Waals surface area (Å²) < 4.78 is 28.3. The number of hydrogen-bond donors (Lipinski definition) is 2. The molecule has 1 aliphatic heterocycles. The lowest BCUT2D eigenvalue weighted by atomic mass is 9.89. The number of halogens is 2. The molecule has 0 saturated carbocycles. The summed E-state index contributed by atoms with van der Waals surface area (Å²) in [5, 5.41) is 0.553. The number of nitrogens with zero attached hydrogens (tertiary/aromatic N) is 2. The summed E-state index contributed by atoms with van der Waals surface area (Å²) in [4.78, 5) is 32.8. The van der Waals surface area contributed by atoms with Crippen molar-refractivity contribution in [2.45, 2.75) is 31.6 Å². The zero-order valence-electron chi connectivity index (χ0n) is 15.2. The van der Waals surface area contributed by atoms with Crippen molar-refractivity contribution < 1.29 is 18.4 Å². The second-order valence-electron chi connectivity index (χ2n) is 7.23. The Morgan fingerprint density at radius 2 is 2.18 bits per heavy atom. The highest BCUT2D eigenvalue weighted by Crippen LogP contribution is 2.40. The summed E-state index contributed by atoms with van der Waals surface area (Å²) in [7, 11) is 0. The van der Waals surface area contributed by atoms with E-state index < -0.39 is 18.3 Å². The van der Waals surface area contributed by atoms with Crippen LogP contribution in [0.5, 0.6) is 0 Å². The normalized spacial score (nSPS) is 18.5. The first-order valence-electron chi connectivity index (χ1n) is 9.11. The molecule has 0 aromatic carbocycles. The van der Waals surface area contributed by atoms with Gasteiger partial charge in [-0.15, -0.1) is 0 Å². The smallest absolute Gasteiger partial charge is 0.269 e. The van der Waals surface area contributed by atoms with Crippen LogP contribution < -0.4 is 5.73 Å². The molecule has 146 valence electrons. The van der Waals surface area contributed by atoms with Gasteiger partial charge in [0, 0.05) is 48.8 Å². The van der Waals surface area contributed by atoms with Gasteiger partial charge in [-0.05, 0) is 30.1 Å². The number of primary amides is 1. The highest BCUT2D eigenvalue weighted by Gasteiger charge is 2.37. The van der Waals surface area contributed by atoms with E-state index in [0.29, 0.717) is 47.2 Å². The lowest BCUT2D eigenvalue weighted by Crippen LogP contribution is -2.34. The Kier molecular flexibility index (Phi) is 4.28. The zero-order valence-corrected chi connectivity index (χ0v) is 15.2. The molecule has 0 unspecified atom stereocenters. The molecule has 2 aromatic rings. The number of H-pyrrole nitrogens is 1. The number of rotatable bonds is 3. The number of nitrogens with one attached hydrogen (secondary N) is 1. The van der Waals surface area contributed by atoms with Crippen LogP contribution in [0.25, 0.3) is 16.5 Å². The van der Waals surface area contributed by atoms with E-state index in [1.165, 1.54) is 12.3 Å². The van der Waals surface area contributed by atoms with Gasteiger partial charge in [-0.1, -0.05) is 12.7 Å². The summed E-state index contributed by atoms with van der Waals surface area (Å²) in [6.45, 7) is 4.41. The lowest BCUT2D eigenvalue weighted by molar-refractivity contribution is -0.125. The molecule has 2 amide bonds. The summed E-state index contributed by atoms with van der Waals surface area (Å²) in [5.74, 6) is -3.71. The van der Waals surface area contributed by atoms with E-state index in [9.17, 15) is 18.4 Å². The van der Waals surface area contributed by atoms with E-state index in [4.69, 9.17) is 5.73 Å². The standard InChI is InChI=1S/C20H20F2N4O2/c1-2-15(27)26-7-3-4-11(10-26)13-9-24-18(19(23)28)17-16(13)12-8-20(21,22)6-5-14(12)25-17/h2,4,9,25H,1,3,5-8,10H2,(H2,23,28). The van der Waals surface area contributed by atoms with Crippen LogP contribution in [0.4, 0.5) is 8.78 Å². The Morgan fingerprint density at radius 1 is 1.39 bits per heavy atom. The largest absolute Gasteiger partial charge is 0.364 e. The molecule has 3 N–H and O–H groups in total. The Bertz CT molecular complexity index is 1040. The molecule has 0 radical (unpaired) electrons. The Hall–Kier alpha value is -3.03. The Balaban J connectivity index is 1.90. The van der Waals surface area contributed by atoms with Crippen LogP contribution in [0.1, 0.15) is 40.2 Å². The minimum atomic E-state index is -2.80. The predicted molar refractivity (Wildman–Crippen MR) is 101 cm³/mol. The summed E-state index contributed by atoms with van der Waals surface area (Å²) in [6.07, 6.45) is 4.91. The van der Waals surface area contributed by atoms with Gasteiger partial charge in [0.1, 0.15) is 0 Å². The van der Waals surface area contributed by atoms with E-state index in [1.807, 2.05) is 6.08 Å². The van der Waals surface area contributed by atoms with Crippen molar-refractivity contribution in [3.8, 4) is 0 Å². The minimum Gasteiger partial charge on any atom is -0.364 e. The van der Waals surface area contributed by atoms with Crippen LogP contribution in [0, 0.1) is 0 Å². The van der Waals surface area contributed by atoms with Gasteiger partial charge >= 0.3 is 0 Å². The number of carbonyl (C=O) groups excluding carboxylic acids is 2. The fourth-order valence-electron chi connectivity index (χ4n) is 4.07. The molecule has 0 spiro atoms. The molecule has 2 aromatic heterocycles. The molecule has 8 heteroatoms. The first-order valence-corrected chi connectivity index (χ1v) is 9.11.